The highest BCUT2D eigenvalue weighted by atomic mass is 79.9. The fourth-order valence-electron chi connectivity index (χ4n) is 5.14. The second-order valence-electron chi connectivity index (χ2n) is 10.3. The lowest BCUT2D eigenvalue weighted by Gasteiger charge is -2.18. The SMILES string of the molecule is O=C(NC(Cc1ccc(-c2ccccc2Oc2ccccc2)cc1)C(=O)O)c1cc(Br)ccc1NC(=O)C1CCCC1. The predicted molar refractivity (Wildman–Crippen MR) is 166 cm³/mol. The van der Waals surface area contributed by atoms with Crippen molar-refractivity contribution in [2.45, 2.75) is 38.1 Å². The van der Waals surface area contributed by atoms with Gasteiger partial charge in [0.2, 0.25) is 5.91 Å². The minimum atomic E-state index is -1.17. The molecule has 0 bridgehead atoms. The van der Waals surface area contributed by atoms with E-state index in [1.165, 1.54) is 0 Å². The molecule has 1 atom stereocenters. The fraction of sp³-hybridized carbons (Fsp3) is 0.206. The molecule has 4 aromatic carbocycles. The highest BCUT2D eigenvalue weighted by molar-refractivity contribution is 9.10. The number of benzene rings is 4. The average molecular weight is 628 g/mol. The number of hydrogen-bond acceptors (Lipinski definition) is 4. The number of ether oxygens (including phenoxy) is 1. The number of rotatable bonds is 10. The van der Waals surface area contributed by atoms with E-state index in [0.717, 1.165) is 48.1 Å². The number of para-hydroxylation sites is 2. The van der Waals surface area contributed by atoms with Crippen LogP contribution in [0.15, 0.2) is 102 Å². The van der Waals surface area contributed by atoms with Crippen molar-refractivity contribution in [3.63, 3.8) is 0 Å². The Labute approximate surface area is 253 Å². The Morgan fingerprint density at radius 3 is 2.29 bits per heavy atom. The van der Waals surface area contributed by atoms with Crippen LogP contribution in [-0.2, 0) is 16.0 Å². The average Bonchev–Trinajstić information content (AvgIpc) is 3.54. The summed E-state index contributed by atoms with van der Waals surface area (Å²) in [7, 11) is 0. The number of aliphatic carboxylic acids is 1. The Balaban J connectivity index is 1.29. The molecule has 8 heteroatoms. The van der Waals surface area contributed by atoms with Gasteiger partial charge in [0.1, 0.15) is 17.5 Å². The maximum absolute atomic E-state index is 13.3. The minimum absolute atomic E-state index is 0.0730. The lowest BCUT2D eigenvalue weighted by molar-refractivity contribution is -0.139. The Morgan fingerprint density at radius 1 is 0.881 bits per heavy atom. The van der Waals surface area contributed by atoms with Crippen LogP contribution in [0.2, 0.25) is 0 Å². The molecule has 1 aliphatic rings. The summed E-state index contributed by atoms with van der Waals surface area (Å²) < 4.78 is 6.74. The first kappa shape index (κ1) is 29.1. The first-order chi connectivity index (χ1) is 20.4. The molecular weight excluding hydrogens is 596 g/mol. The summed E-state index contributed by atoms with van der Waals surface area (Å²) in [6, 6.07) is 28.6. The van der Waals surface area contributed by atoms with E-state index in [2.05, 4.69) is 26.6 Å². The molecule has 1 aliphatic carbocycles. The van der Waals surface area contributed by atoms with Gasteiger partial charge in [-0.25, -0.2) is 4.79 Å². The van der Waals surface area contributed by atoms with E-state index in [-0.39, 0.29) is 23.8 Å². The number of halogens is 1. The van der Waals surface area contributed by atoms with Crippen molar-refractivity contribution in [1.29, 1.82) is 0 Å². The zero-order valence-corrected chi connectivity index (χ0v) is 24.5. The Hall–Kier alpha value is -4.43. The van der Waals surface area contributed by atoms with E-state index < -0.39 is 17.9 Å². The van der Waals surface area contributed by atoms with Crippen LogP contribution in [0, 0.1) is 5.92 Å². The van der Waals surface area contributed by atoms with Crippen molar-refractivity contribution in [3.8, 4) is 22.6 Å². The Bertz CT molecular complexity index is 1570. The molecule has 42 heavy (non-hydrogen) atoms. The first-order valence-corrected chi connectivity index (χ1v) is 14.7. The van der Waals surface area contributed by atoms with Crippen molar-refractivity contribution in [3.05, 3.63) is 113 Å². The van der Waals surface area contributed by atoms with E-state index >= 15 is 0 Å². The monoisotopic (exact) mass is 626 g/mol. The van der Waals surface area contributed by atoms with Crippen LogP contribution in [0.4, 0.5) is 5.69 Å². The first-order valence-electron chi connectivity index (χ1n) is 13.9. The lowest BCUT2D eigenvalue weighted by atomic mass is 9.99. The zero-order valence-electron chi connectivity index (χ0n) is 22.9. The van der Waals surface area contributed by atoms with Crippen molar-refractivity contribution >= 4 is 39.4 Å². The van der Waals surface area contributed by atoms with Crippen LogP contribution in [-0.4, -0.2) is 28.9 Å². The number of amides is 2. The molecule has 0 aliphatic heterocycles. The number of carbonyl (C=O) groups is 3. The number of anilines is 1. The van der Waals surface area contributed by atoms with E-state index in [4.69, 9.17) is 4.74 Å². The number of carboxylic acid groups (broad SMARTS) is 1. The standard InChI is InChI=1S/C34H31BrN2O5/c35-25-18-19-29(36-32(38)24-8-4-5-9-24)28(21-25)33(39)37-30(34(40)41)20-22-14-16-23(17-15-22)27-12-6-7-13-31(27)42-26-10-2-1-3-11-26/h1-3,6-7,10-19,21,24,30H,4-5,8-9,20H2,(H,36,38)(H,37,39)(H,40,41). The van der Waals surface area contributed by atoms with Crippen LogP contribution in [0.5, 0.6) is 11.5 Å². The maximum Gasteiger partial charge on any atom is 0.326 e. The number of carbonyl (C=O) groups excluding carboxylic acids is 2. The van der Waals surface area contributed by atoms with Crippen molar-refractivity contribution in [2.75, 3.05) is 5.32 Å². The van der Waals surface area contributed by atoms with Crippen molar-refractivity contribution in [1.82, 2.24) is 5.32 Å². The van der Waals surface area contributed by atoms with Crippen LogP contribution < -0.4 is 15.4 Å². The fourth-order valence-corrected chi connectivity index (χ4v) is 5.50. The summed E-state index contributed by atoms with van der Waals surface area (Å²) in [5.74, 6) is -0.481. The number of hydrogen-bond donors (Lipinski definition) is 3. The smallest absolute Gasteiger partial charge is 0.326 e. The van der Waals surface area contributed by atoms with Gasteiger partial charge in [-0.3, -0.25) is 9.59 Å². The summed E-state index contributed by atoms with van der Waals surface area (Å²) in [6.07, 6.45) is 3.77. The summed E-state index contributed by atoms with van der Waals surface area (Å²) in [5.41, 5.74) is 3.12. The normalized spacial score (nSPS) is 13.7. The maximum atomic E-state index is 13.3. The molecule has 0 aromatic heterocycles. The number of nitrogens with one attached hydrogen (secondary N) is 2. The Morgan fingerprint density at radius 2 is 1.57 bits per heavy atom. The predicted octanol–water partition coefficient (Wildman–Crippen LogP) is 7.46. The molecule has 2 amide bonds. The summed E-state index contributed by atoms with van der Waals surface area (Å²) in [6.45, 7) is 0. The molecule has 4 aromatic rings. The summed E-state index contributed by atoms with van der Waals surface area (Å²) in [5, 5.41) is 15.5. The van der Waals surface area contributed by atoms with Gasteiger partial charge < -0.3 is 20.5 Å². The third-order valence-electron chi connectivity index (χ3n) is 7.38. The second-order valence-corrected chi connectivity index (χ2v) is 11.3. The lowest BCUT2D eigenvalue weighted by Crippen LogP contribution is -2.42. The molecule has 0 spiro atoms. The van der Waals surface area contributed by atoms with E-state index in [9.17, 15) is 19.5 Å². The van der Waals surface area contributed by atoms with Gasteiger partial charge in [-0.15, -0.1) is 0 Å². The highest BCUT2D eigenvalue weighted by Crippen LogP contribution is 2.33. The topological polar surface area (TPSA) is 105 Å². The van der Waals surface area contributed by atoms with Gasteiger partial charge in [0.25, 0.3) is 5.91 Å². The number of carboxylic acids is 1. The summed E-state index contributed by atoms with van der Waals surface area (Å²) in [4.78, 5) is 38.2. The zero-order chi connectivity index (χ0) is 29.5. The van der Waals surface area contributed by atoms with E-state index in [0.29, 0.717) is 15.9 Å². The van der Waals surface area contributed by atoms with Gasteiger partial charge >= 0.3 is 5.97 Å². The summed E-state index contributed by atoms with van der Waals surface area (Å²) >= 11 is 3.38. The van der Waals surface area contributed by atoms with Gasteiger partial charge in [-0.2, -0.15) is 0 Å². The van der Waals surface area contributed by atoms with Gasteiger partial charge in [-0.1, -0.05) is 89.4 Å². The van der Waals surface area contributed by atoms with Gasteiger partial charge in [0, 0.05) is 22.4 Å². The van der Waals surface area contributed by atoms with Gasteiger partial charge in [-0.05, 0) is 60.4 Å². The molecule has 1 fully saturated rings. The van der Waals surface area contributed by atoms with Gasteiger partial charge in [0.05, 0.1) is 11.3 Å². The molecule has 0 heterocycles. The molecule has 7 nitrogen and oxygen atoms in total. The third kappa shape index (κ3) is 7.25. The molecule has 214 valence electrons. The van der Waals surface area contributed by atoms with Crippen LogP contribution in [0.25, 0.3) is 11.1 Å². The van der Waals surface area contributed by atoms with Crippen molar-refractivity contribution in [2.24, 2.45) is 5.92 Å². The van der Waals surface area contributed by atoms with Gasteiger partial charge in [0.15, 0.2) is 0 Å². The quantitative estimate of drug-likeness (QED) is 0.169. The van der Waals surface area contributed by atoms with Crippen LogP contribution >= 0.6 is 15.9 Å². The van der Waals surface area contributed by atoms with E-state index in [1.807, 2.05) is 78.9 Å². The second kappa shape index (κ2) is 13.5. The highest BCUT2D eigenvalue weighted by Gasteiger charge is 2.26. The molecule has 5 rings (SSSR count). The minimum Gasteiger partial charge on any atom is -0.480 e. The molecule has 1 saturated carbocycles. The molecule has 0 saturated heterocycles. The third-order valence-corrected chi connectivity index (χ3v) is 7.87. The van der Waals surface area contributed by atoms with Crippen molar-refractivity contribution < 1.29 is 24.2 Å². The van der Waals surface area contributed by atoms with Crippen LogP contribution in [0.3, 0.4) is 0 Å². The molecule has 3 N–H and O–H groups in total. The van der Waals surface area contributed by atoms with Crippen LogP contribution in [0.1, 0.15) is 41.6 Å². The largest absolute Gasteiger partial charge is 0.480 e. The molecular formula is C34H31BrN2O5. The molecule has 0 radical (unpaired) electrons. The molecule has 1 unspecified atom stereocenters. The van der Waals surface area contributed by atoms with E-state index in [1.54, 1.807) is 18.2 Å². The Kier molecular flexibility index (Phi) is 9.34.